The van der Waals surface area contributed by atoms with Crippen molar-refractivity contribution in [2.75, 3.05) is 24.2 Å². The zero-order valence-corrected chi connectivity index (χ0v) is 15.0. The van der Waals surface area contributed by atoms with E-state index in [1.54, 1.807) is 11.8 Å². The van der Waals surface area contributed by atoms with Crippen LogP contribution in [0, 0.1) is 0 Å². The highest BCUT2D eigenvalue weighted by molar-refractivity contribution is 7.99. The zero-order valence-electron chi connectivity index (χ0n) is 13.4. The van der Waals surface area contributed by atoms with Crippen molar-refractivity contribution >= 4 is 33.6 Å². The van der Waals surface area contributed by atoms with Crippen LogP contribution in [0.25, 0.3) is 0 Å². The molecule has 0 radical (unpaired) electrons. The van der Waals surface area contributed by atoms with Gasteiger partial charge in [-0.25, -0.2) is 8.42 Å². The summed E-state index contributed by atoms with van der Waals surface area (Å²) in [5, 5.41) is 11.5. The van der Waals surface area contributed by atoms with E-state index in [2.05, 4.69) is 15.5 Å². The summed E-state index contributed by atoms with van der Waals surface area (Å²) in [4.78, 5) is 12.6. The molecule has 2 aliphatic heterocycles. The number of thioether (sulfide) groups is 1. The highest BCUT2D eigenvalue weighted by atomic mass is 32.2. The number of hydrogen-bond donors (Lipinski definition) is 1. The Balaban J connectivity index is 1.50. The van der Waals surface area contributed by atoms with Gasteiger partial charge in [0.25, 0.3) is 5.91 Å². The van der Waals surface area contributed by atoms with Crippen LogP contribution in [0.4, 0.5) is 5.95 Å². The molecular formula is C15H17N5O3S2. The summed E-state index contributed by atoms with van der Waals surface area (Å²) in [5.74, 6) is 0.993. The maximum Gasteiger partial charge on any atom is 0.258 e. The van der Waals surface area contributed by atoms with Gasteiger partial charge in [-0.1, -0.05) is 11.8 Å². The molecule has 0 unspecified atom stereocenters. The maximum atomic E-state index is 12.5. The summed E-state index contributed by atoms with van der Waals surface area (Å²) < 4.78 is 28.3. The fraction of sp³-hybridized carbons (Fsp3) is 0.400. The standard InChI is InChI=1S/C15H17N5O3S2/c21-13(16-14-17-18-15-20(14)9-10-24-15)11-3-5-12(6-4-11)25(22,23)19-7-1-2-8-19/h3-6H,1-2,7-10H2,(H,16,17,21). The SMILES string of the molecule is O=C(Nc1nnc2n1CCS2)c1ccc(S(=O)(=O)N2CCCC2)cc1. The monoisotopic (exact) mass is 379 g/mol. The van der Waals surface area contributed by atoms with Crippen molar-refractivity contribution in [2.24, 2.45) is 0 Å². The lowest BCUT2D eigenvalue weighted by molar-refractivity contribution is 0.102. The van der Waals surface area contributed by atoms with Crippen LogP contribution < -0.4 is 5.32 Å². The average Bonchev–Trinajstić information content (AvgIpc) is 3.34. The van der Waals surface area contributed by atoms with Crippen molar-refractivity contribution in [2.45, 2.75) is 29.4 Å². The summed E-state index contributed by atoms with van der Waals surface area (Å²) in [7, 11) is -3.47. The van der Waals surface area contributed by atoms with E-state index in [1.807, 2.05) is 4.57 Å². The number of amides is 1. The summed E-state index contributed by atoms with van der Waals surface area (Å²) in [6.07, 6.45) is 1.78. The van der Waals surface area contributed by atoms with Crippen molar-refractivity contribution in [3.8, 4) is 0 Å². The fourth-order valence-electron chi connectivity index (χ4n) is 2.95. The van der Waals surface area contributed by atoms with Gasteiger partial charge in [0, 0.05) is 31.0 Å². The van der Waals surface area contributed by atoms with Crippen LogP contribution in [0.1, 0.15) is 23.2 Å². The molecule has 1 N–H and O–H groups in total. The van der Waals surface area contributed by atoms with Crippen LogP contribution in [0.2, 0.25) is 0 Å². The van der Waals surface area contributed by atoms with Gasteiger partial charge in [0.15, 0.2) is 5.16 Å². The fourth-order valence-corrected chi connectivity index (χ4v) is 5.35. The molecule has 1 fully saturated rings. The lowest BCUT2D eigenvalue weighted by Crippen LogP contribution is -2.27. The number of nitrogens with zero attached hydrogens (tertiary/aromatic N) is 4. The Kier molecular flexibility index (Phi) is 4.26. The smallest absolute Gasteiger partial charge is 0.258 e. The summed E-state index contributed by atoms with van der Waals surface area (Å²) in [6, 6.07) is 6.00. The third-order valence-electron chi connectivity index (χ3n) is 4.31. The van der Waals surface area contributed by atoms with Gasteiger partial charge in [-0.05, 0) is 37.1 Å². The van der Waals surface area contributed by atoms with E-state index in [9.17, 15) is 13.2 Å². The van der Waals surface area contributed by atoms with Gasteiger partial charge in [0.05, 0.1) is 4.90 Å². The lowest BCUT2D eigenvalue weighted by Gasteiger charge is -2.15. The first-order chi connectivity index (χ1) is 12.1. The molecule has 25 heavy (non-hydrogen) atoms. The van der Waals surface area contributed by atoms with E-state index < -0.39 is 10.0 Å². The van der Waals surface area contributed by atoms with Crippen LogP contribution in [0.15, 0.2) is 34.3 Å². The highest BCUT2D eigenvalue weighted by Gasteiger charge is 2.27. The number of carbonyl (C=O) groups excluding carboxylic acids is 1. The van der Waals surface area contributed by atoms with Crippen molar-refractivity contribution in [1.29, 1.82) is 0 Å². The molecule has 1 saturated heterocycles. The Hall–Kier alpha value is -1.91. The molecule has 3 heterocycles. The molecule has 0 atom stereocenters. The predicted molar refractivity (Wildman–Crippen MR) is 93.1 cm³/mol. The van der Waals surface area contributed by atoms with E-state index in [1.165, 1.54) is 28.6 Å². The molecule has 2 aromatic rings. The first kappa shape index (κ1) is 16.6. The van der Waals surface area contributed by atoms with Crippen LogP contribution in [-0.4, -0.2) is 52.2 Å². The first-order valence-corrected chi connectivity index (χ1v) is 10.5. The molecule has 1 amide bonds. The molecule has 0 bridgehead atoms. The number of rotatable bonds is 4. The summed E-state index contributed by atoms with van der Waals surface area (Å²) in [5.41, 5.74) is 0.378. The van der Waals surface area contributed by atoms with Crippen molar-refractivity contribution in [1.82, 2.24) is 19.1 Å². The number of anilines is 1. The first-order valence-electron chi connectivity index (χ1n) is 8.03. The molecule has 2 aliphatic rings. The minimum Gasteiger partial charge on any atom is -0.290 e. The Morgan fingerprint density at radius 1 is 1.08 bits per heavy atom. The molecule has 0 aliphatic carbocycles. The zero-order chi connectivity index (χ0) is 17.4. The minimum atomic E-state index is -3.47. The van der Waals surface area contributed by atoms with Crippen LogP contribution >= 0.6 is 11.8 Å². The summed E-state index contributed by atoms with van der Waals surface area (Å²) in [6.45, 7) is 1.87. The molecular weight excluding hydrogens is 362 g/mol. The van der Waals surface area contributed by atoms with Gasteiger partial charge < -0.3 is 0 Å². The predicted octanol–water partition coefficient (Wildman–Crippen LogP) is 1.42. The van der Waals surface area contributed by atoms with Gasteiger partial charge in [0.2, 0.25) is 16.0 Å². The number of hydrogen-bond acceptors (Lipinski definition) is 6. The van der Waals surface area contributed by atoms with Crippen molar-refractivity contribution < 1.29 is 13.2 Å². The molecule has 4 rings (SSSR count). The second-order valence-electron chi connectivity index (χ2n) is 5.90. The van der Waals surface area contributed by atoms with Crippen molar-refractivity contribution in [3.05, 3.63) is 29.8 Å². The van der Waals surface area contributed by atoms with Gasteiger partial charge in [0.1, 0.15) is 0 Å². The van der Waals surface area contributed by atoms with E-state index in [0.717, 1.165) is 30.3 Å². The van der Waals surface area contributed by atoms with Crippen molar-refractivity contribution in [3.63, 3.8) is 0 Å². The third kappa shape index (κ3) is 3.05. The topological polar surface area (TPSA) is 97.2 Å². The van der Waals surface area contributed by atoms with Gasteiger partial charge in [-0.3, -0.25) is 14.7 Å². The second-order valence-corrected chi connectivity index (χ2v) is 8.90. The number of nitrogens with one attached hydrogen (secondary N) is 1. The maximum absolute atomic E-state index is 12.5. The average molecular weight is 379 g/mol. The lowest BCUT2D eigenvalue weighted by atomic mass is 10.2. The van der Waals surface area contributed by atoms with E-state index in [0.29, 0.717) is 24.6 Å². The number of fused-ring (bicyclic) bond motifs is 1. The Morgan fingerprint density at radius 3 is 2.52 bits per heavy atom. The molecule has 0 saturated carbocycles. The normalized spacial score (nSPS) is 17.6. The number of benzene rings is 1. The number of aromatic nitrogens is 3. The highest BCUT2D eigenvalue weighted by Crippen LogP contribution is 2.26. The van der Waals surface area contributed by atoms with Gasteiger partial charge in [-0.2, -0.15) is 4.31 Å². The Morgan fingerprint density at radius 2 is 1.80 bits per heavy atom. The third-order valence-corrected chi connectivity index (χ3v) is 7.17. The molecule has 8 nitrogen and oxygen atoms in total. The Labute approximate surface area is 149 Å². The van der Waals surface area contributed by atoms with Crippen LogP contribution in [-0.2, 0) is 16.6 Å². The molecule has 1 aromatic carbocycles. The van der Waals surface area contributed by atoms with E-state index in [-0.39, 0.29) is 10.8 Å². The van der Waals surface area contributed by atoms with Crippen LogP contribution in [0.3, 0.4) is 0 Å². The molecule has 0 spiro atoms. The molecule has 10 heteroatoms. The quantitative estimate of drug-likeness (QED) is 0.863. The second kappa shape index (κ2) is 6.43. The summed E-state index contributed by atoms with van der Waals surface area (Å²) >= 11 is 1.59. The largest absolute Gasteiger partial charge is 0.290 e. The van der Waals surface area contributed by atoms with Gasteiger partial charge >= 0.3 is 0 Å². The van der Waals surface area contributed by atoms with Gasteiger partial charge in [-0.15, -0.1) is 10.2 Å². The molecule has 132 valence electrons. The number of sulfonamides is 1. The molecule has 1 aromatic heterocycles. The van der Waals surface area contributed by atoms with E-state index in [4.69, 9.17) is 0 Å². The van der Waals surface area contributed by atoms with Crippen LogP contribution in [0.5, 0.6) is 0 Å². The van der Waals surface area contributed by atoms with E-state index >= 15 is 0 Å². The minimum absolute atomic E-state index is 0.214. The Bertz CT molecular complexity index is 902. The number of carbonyl (C=O) groups is 1.